The topological polar surface area (TPSA) is 12.0 Å². The molecule has 115 valence electrons. The van der Waals surface area contributed by atoms with Crippen LogP contribution in [0.5, 0.6) is 0 Å². The average Bonchev–Trinajstić information content (AvgIpc) is 2.42. The molecule has 0 aromatic heterocycles. The smallest absolute Gasteiger partial charge is 0.0711 e. The van der Waals surface area contributed by atoms with Crippen molar-refractivity contribution in [2.75, 3.05) is 6.54 Å². The Morgan fingerprint density at radius 2 is 1.77 bits per heavy atom. The highest BCUT2D eigenvalue weighted by atomic mass is 35.5. The molecule has 2 aromatic rings. The molecule has 0 spiro atoms. The van der Waals surface area contributed by atoms with Crippen molar-refractivity contribution in [3.05, 3.63) is 63.1 Å². The maximum atomic E-state index is 6.06. The zero-order valence-electron chi connectivity index (χ0n) is 13.1. The third kappa shape index (κ3) is 4.36. The van der Waals surface area contributed by atoms with Crippen LogP contribution < -0.4 is 10.5 Å². The predicted molar refractivity (Wildman–Crippen MR) is 97.8 cm³/mol. The van der Waals surface area contributed by atoms with E-state index < -0.39 is 0 Å². The molecule has 2 aromatic carbocycles. The van der Waals surface area contributed by atoms with Gasteiger partial charge < -0.3 is 5.32 Å². The molecule has 0 aliphatic heterocycles. The summed E-state index contributed by atoms with van der Waals surface area (Å²) in [6.07, 6.45) is 0.912. The SMILES string of the molecule is Cc1cc([Si])ccc1C(C)(C)NCCc1ccc(Cl)c(Cl)c1. The standard InChI is InChI=1S/C18H20Cl2NSi/c1-12-10-14(22)5-6-15(12)18(2,3)21-9-8-13-4-7-16(19)17(20)11-13/h4-7,10-11,21H,8-9H2,1-3H3. The molecule has 0 aliphatic carbocycles. The first-order valence-corrected chi connectivity index (χ1v) is 8.57. The number of nitrogens with one attached hydrogen (secondary N) is 1. The maximum absolute atomic E-state index is 6.06. The Kier molecular flexibility index (Phi) is 5.73. The van der Waals surface area contributed by atoms with Crippen LogP contribution in [-0.2, 0) is 12.0 Å². The number of benzene rings is 2. The van der Waals surface area contributed by atoms with E-state index in [2.05, 4.69) is 54.5 Å². The van der Waals surface area contributed by atoms with Crippen molar-refractivity contribution < 1.29 is 0 Å². The lowest BCUT2D eigenvalue weighted by atomic mass is 9.90. The Labute approximate surface area is 146 Å². The third-order valence-electron chi connectivity index (χ3n) is 3.86. The van der Waals surface area contributed by atoms with Crippen molar-refractivity contribution in [1.82, 2.24) is 5.32 Å². The van der Waals surface area contributed by atoms with E-state index in [9.17, 15) is 0 Å². The second-order valence-electron chi connectivity index (χ2n) is 6.08. The molecule has 2 rings (SSSR count). The molecule has 0 saturated carbocycles. The van der Waals surface area contributed by atoms with Crippen molar-refractivity contribution in [3.63, 3.8) is 0 Å². The first kappa shape index (κ1) is 17.5. The zero-order valence-corrected chi connectivity index (χ0v) is 15.6. The van der Waals surface area contributed by atoms with Gasteiger partial charge in [0.2, 0.25) is 0 Å². The summed E-state index contributed by atoms with van der Waals surface area (Å²) in [5.74, 6) is 0. The van der Waals surface area contributed by atoms with E-state index in [0.29, 0.717) is 10.0 Å². The lowest BCUT2D eigenvalue weighted by Crippen LogP contribution is -2.38. The fraction of sp³-hybridized carbons (Fsp3) is 0.333. The fourth-order valence-corrected chi connectivity index (χ4v) is 3.30. The molecule has 0 aliphatic rings. The van der Waals surface area contributed by atoms with Gasteiger partial charge >= 0.3 is 0 Å². The Bertz CT molecular complexity index is 668. The molecule has 1 N–H and O–H groups in total. The molecule has 4 heteroatoms. The molecule has 22 heavy (non-hydrogen) atoms. The number of rotatable bonds is 5. The zero-order chi connectivity index (χ0) is 16.3. The average molecular weight is 349 g/mol. The number of hydrogen-bond donors (Lipinski definition) is 1. The Hall–Kier alpha value is -0.803. The van der Waals surface area contributed by atoms with Gasteiger partial charge in [-0.2, -0.15) is 0 Å². The molecule has 0 unspecified atom stereocenters. The summed E-state index contributed by atoms with van der Waals surface area (Å²) in [4.78, 5) is 0. The van der Waals surface area contributed by atoms with Crippen LogP contribution in [0.1, 0.15) is 30.5 Å². The minimum Gasteiger partial charge on any atom is -0.307 e. The first-order valence-electron chi connectivity index (χ1n) is 7.31. The van der Waals surface area contributed by atoms with Crippen LogP contribution in [0.4, 0.5) is 0 Å². The molecule has 0 fully saturated rings. The normalized spacial score (nSPS) is 11.7. The Morgan fingerprint density at radius 1 is 1.05 bits per heavy atom. The van der Waals surface area contributed by atoms with Crippen LogP contribution in [0, 0.1) is 6.92 Å². The molecule has 0 saturated heterocycles. The van der Waals surface area contributed by atoms with Crippen LogP contribution >= 0.6 is 23.2 Å². The molecule has 0 amide bonds. The van der Waals surface area contributed by atoms with Gasteiger partial charge in [0.05, 0.1) is 20.3 Å². The van der Waals surface area contributed by atoms with Gasteiger partial charge in [0.1, 0.15) is 0 Å². The quantitative estimate of drug-likeness (QED) is 0.799. The highest BCUT2D eigenvalue weighted by Gasteiger charge is 2.21. The van der Waals surface area contributed by atoms with Crippen molar-refractivity contribution in [2.24, 2.45) is 0 Å². The molecule has 3 radical (unpaired) electrons. The van der Waals surface area contributed by atoms with Crippen molar-refractivity contribution in [2.45, 2.75) is 32.7 Å². The van der Waals surface area contributed by atoms with E-state index in [1.54, 1.807) is 0 Å². The van der Waals surface area contributed by atoms with Gasteiger partial charge in [-0.25, -0.2) is 0 Å². The van der Waals surface area contributed by atoms with Crippen LogP contribution in [-0.4, -0.2) is 16.8 Å². The molecule has 0 atom stereocenters. The van der Waals surface area contributed by atoms with Crippen LogP contribution in [0.2, 0.25) is 10.0 Å². The van der Waals surface area contributed by atoms with Crippen molar-refractivity contribution in [1.29, 1.82) is 0 Å². The molecular formula is C18H20Cl2NSi. The van der Waals surface area contributed by atoms with E-state index in [-0.39, 0.29) is 5.54 Å². The first-order chi connectivity index (χ1) is 10.3. The molecule has 1 nitrogen and oxygen atoms in total. The summed E-state index contributed by atoms with van der Waals surface area (Å²) in [5, 5.41) is 5.94. The minimum absolute atomic E-state index is 0.0831. The van der Waals surface area contributed by atoms with Gasteiger partial charge in [0.15, 0.2) is 0 Å². The highest BCUT2D eigenvalue weighted by Crippen LogP contribution is 2.24. The Morgan fingerprint density at radius 3 is 2.41 bits per heavy atom. The van der Waals surface area contributed by atoms with Crippen molar-refractivity contribution in [3.8, 4) is 0 Å². The fourth-order valence-electron chi connectivity index (χ4n) is 2.67. The van der Waals surface area contributed by atoms with Gasteiger partial charge in [0, 0.05) is 5.54 Å². The highest BCUT2D eigenvalue weighted by molar-refractivity contribution is 6.42. The van der Waals surface area contributed by atoms with Gasteiger partial charge in [-0.15, -0.1) is 0 Å². The third-order valence-corrected chi connectivity index (χ3v) is 4.91. The summed E-state index contributed by atoms with van der Waals surface area (Å²) in [6, 6.07) is 12.2. The lowest BCUT2D eigenvalue weighted by molar-refractivity contribution is 0.405. The molecular weight excluding hydrogens is 329 g/mol. The summed E-state index contributed by atoms with van der Waals surface area (Å²) in [5.41, 5.74) is 3.69. The predicted octanol–water partition coefficient (Wildman–Crippen LogP) is 4.16. The lowest BCUT2D eigenvalue weighted by Gasteiger charge is -2.29. The van der Waals surface area contributed by atoms with Gasteiger partial charge in [0.25, 0.3) is 0 Å². The van der Waals surface area contributed by atoms with Crippen LogP contribution in [0.3, 0.4) is 0 Å². The monoisotopic (exact) mass is 348 g/mol. The Balaban J connectivity index is 2.01. The minimum atomic E-state index is -0.0831. The van der Waals surface area contributed by atoms with Crippen LogP contribution in [0.15, 0.2) is 36.4 Å². The van der Waals surface area contributed by atoms with E-state index in [0.717, 1.165) is 18.2 Å². The van der Waals surface area contributed by atoms with E-state index in [1.165, 1.54) is 16.7 Å². The number of hydrogen-bond acceptors (Lipinski definition) is 1. The van der Waals surface area contributed by atoms with E-state index in [4.69, 9.17) is 23.2 Å². The van der Waals surface area contributed by atoms with Gasteiger partial charge in [-0.3, -0.25) is 0 Å². The second kappa shape index (κ2) is 7.18. The summed E-state index contributed by atoms with van der Waals surface area (Å²) < 4.78 is 0. The van der Waals surface area contributed by atoms with Crippen molar-refractivity contribution >= 4 is 38.6 Å². The maximum Gasteiger partial charge on any atom is 0.0711 e. The second-order valence-corrected chi connectivity index (χ2v) is 7.47. The number of aryl methyl sites for hydroxylation is 1. The molecule has 0 heterocycles. The summed E-state index contributed by atoms with van der Waals surface area (Å²) in [7, 11) is 3.57. The van der Waals surface area contributed by atoms with Crippen LogP contribution in [0.25, 0.3) is 0 Å². The van der Waals surface area contributed by atoms with Gasteiger partial charge in [-0.05, 0) is 62.6 Å². The number of halogens is 2. The van der Waals surface area contributed by atoms with E-state index in [1.807, 2.05) is 18.2 Å². The summed E-state index contributed by atoms with van der Waals surface area (Å²) >= 11 is 12.0. The summed E-state index contributed by atoms with van der Waals surface area (Å²) in [6.45, 7) is 7.43. The largest absolute Gasteiger partial charge is 0.307 e. The van der Waals surface area contributed by atoms with E-state index >= 15 is 0 Å². The van der Waals surface area contributed by atoms with Gasteiger partial charge in [-0.1, -0.05) is 52.7 Å². The molecule has 0 bridgehead atoms.